The van der Waals surface area contributed by atoms with Gasteiger partial charge in [-0.25, -0.2) is 9.97 Å². The molecule has 0 saturated heterocycles. The van der Waals surface area contributed by atoms with Crippen LogP contribution in [0.5, 0.6) is 0 Å². The summed E-state index contributed by atoms with van der Waals surface area (Å²) in [5.41, 5.74) is 5.72. The molecule has 1 aromatic heterocycles. The van der Waals surface area contributed by atoms with Crippen LogP contribution < -0.4 is 11.1 Å². The standard InChI is InChI=1S/C10H17N5O2/c1-16-6-7(17-2)5-14-10-13-4-3-8(15-10)9(11)12/h3-4,7H,5-6H2,1-2H3,(H3,11,12)(H,13,14,15). The molecule has 1 heterocycles. The molecule has 4 N–H and O–H groups in total. The fraction of sp³-hybridized carbons (Fsp3) is 0.500. The molecule has 0 bridgehead atoms. The van der Waals surface area contributed by atoms with Crippen LogP contribution in [0.15, 0.2) is 12.3 Å². The molecule has 0 aromatic carbocycles. The van der Waals surface area contributed by atoms with Gasteiger partial charge >= 0.3 is 0 Å². The molecule has 0 spiro atoms. The van der Waals surface area contributed by atoms with Crippen molar-refractivity contribution in [2.24, 2.45) is 5.73 Å². The third-order valence-corrected chi connectivity index (χ3v) is 2.11. The molecule has 7 heteroatoms. The Labute approximate surface area is 99.9 Å². The Kier molecular flexibility index (Phi) is 5.31. The summed E-state index contributed by atoms with van der Waals surface area (Å²) in [4.78, 5) is 8.09. The van der Waals surface area contributed by atoms with Crippen molar-refractivity contribution in [3.05, 3.63) is 18.0 Å². The first kappa shape index (κ1) is 13.3. The van der Waals surface area contributed by atoms with E-state index in [0.717, 1.165) is 0 Å². The molecule has 7 nitrogen and oxygen atoms in total. The molecule has 0 amide bonds. The molecule has 1 aromatic rings. The molecule has 0 saturated carbocycles. The van der Waals surface area contributed by atoms with Gasteiger partial charge in [-0.1, -0.05) is 0 Å². The molecule has 94 valence electrons. The van der Waals surface area contributed by atoms with Gasteiger partial charge in [0, 0.05) is 27.0 Å². The van der Waals surface area contributed by atoms with Crippen LogP contribution in [0.25, 0.3) is 0 Å². The van der Waals surface area contributed by atoms with Gasteiger partial charge in [0.2, 0.25) is 5.95 Å². The second-order valence-corrected chi connectivity index (χ2v) is 3.37. The van der Waals surface area contributed by atoms with Crippen LogP contribution in [-0.2, 0) is 9.47 Å². The van der Waals surface area contributed by atoms with Crippen LogP contribution in [0.3, 0.4) is 0 Å². The number of rotatable bonds is 7. The number of amidine groups is 1. The smallest absolute Gasteiger partial charge is 0.223 e. The highest BCUT2D eigenvalue weighted by molar-refractivity contribution is 5.93. The van der Waals surface area contributed by atoms with Crippen LogP contribution in [0.4, 0.5) is 5.95 Å². The minimum absolute atomic E-state index is 0.0791. The van der Waals surface area contributed by atoms with E-state index in [9.17, 15) is 0 Å². The third-order valence-electron chi connectivity index (χ3n) is 2.11. The summed E-state index contributed by atoms with van der Waals surface area (Å²) in [5.74, 6) is 0.325. The maximum absolute atomic E-state index is 7.27. The van der Waals surface area contributed by atoms with E-state index in [-0.39, 0.29) is 11.9 Å². The van der Waals surface area contributed by atoms with Gasteiger partial charge in [0.1, 0.15) is 11.5 Å². The van der Waals surface area contributed by atoms with Gasteiger partial charge < -0.3 is 20.5 Å². The Morgan fingerprint density at radius 1 is 1.59 bits per heavy atom. The summed E-state index contributed by atoms with van der Waals surface area (Å²) in [7, 11) is 3.22. The normalized spacial score (nSPS) is 12.1. The van der Waals surface area contributed by atoms with E-state index in [1.54, 1.807) is 26.5 Å². The number of ether oxygens (including phenoxy) is 2. The molecule has 17 heavy (non-hydrogen) atoms. The number of anilines is 1. The van der Waals surface area contributed by atoms with Crippen molar-refractivity contribution in [1.29, 1.82) is 5.41 Å². The van der Waals surface area contributed by atoms with E-state index in [1.807, 2.05) is 0 Å². The predicted molar refractivity (Wildman–Crippen MR) is 64.2 cm³/mol. The molecule has 0 radical (unpaired) electrons. The van der Waals surface area contributed by atoms with E-state index in [1.165, 1.54) is 0 Å². The van der Waals surface area contributed by atoms with Crippen molar-refractivity contribution in [1.82, 2.24) is 9.97 Å². The zero-order valence-electron chi connectivity index (χ0n) is 9.93. The number of nitrogens with two attached hydrogens (primary N) is 1. The van der Waals surface area contributed by atoms with Gasteiger partial charge in [0.05, 0.1) is 12.7 Å². The highest BCUT2D eigenvalue weighted by atomic mass is 16.5. The first-order valence-corrected chi connectivity index (χ1v) is 5.10. The lowest BCUT2D eigenvalue weighted by atomic mass is 10.3. The SMILES string of the molecule is COCC(CNc1nccc(C(=N)N)n1)OC. The highest BCUT2D eigenvalue weighted by Crippen LogP contribution is 2.01. The fourth-order valence-corrected chi connectivity index (χ4v) is 1.20. The topological polar surface area (TPSA) is 106 Å². The summed E-state index contributed by atoms with van der Waals surface area (Å²) in [6.07, 6.45) is 1.47. The summed E-state index contributed by atoms with van der Waals surface area (Å²) in [6, 6.07) is 1.58. The molecule has 1 atom stereocenters. The van der Waals surface area contributed by atoms with Crippen molar-refractivity contribution in [3.63, 3.8) is 0 Å². The third kappa shape index (κ3) is 4.33. The van der Waals surface area contributed by atoms with Crippen LogP contribution in [0, 0.1) is 5.41 Å². The number of hydrogen-bond acceptors (Lipinski definition) is 6. The second-order valence-electron chi connectivity index (χ2n) is 3.37. The zero-order valence-corrected chi connectivity index (χ0v) is 9.93. The molecule has 0 aliphatic carbocycles. The Balaban J connectivity index is 2.56. The lowest BCUT2D eigenvalue weighted by Crippen LogP contribution is -2.27. The van der Waals surface area contributed by atoms with Gasteiger partial charge in [-0.05, 0) is 6.07 Å². The molecule has 0 aliphatic rings. The maximum atomic E-state index is 7.27. The summed E-state index contributed by atoms with van der Waals surface area (Å²) < 4.78 is 10.2. The van der Waals surface area contributed by atoms with Crippen LogP contribution in [0.2, 0.25) is 0 Å². The van der Waals surface area contributed by atoms with Crippen molar-refractivity contribution in [2.45, 2.75) is 6.10 Å². The lowest BCUT2D eigenvalue weighted by Gasteiger charge is -2.14. The number of methoxy groups -OCH3 is 2. The van der Waals surface area contributed by atoms with Gasteiger partial charge in [0.15, 0.2) is 0 Å². The van der Waals surface area contributed by atoms with Gasteiger partial charge in [0.25, 0.3) is 0 Å². The largest absolute Gasteiger partial charge is 0.382 e. The Hall–Kier alpha value is -1.73. The maximum Gasteiger partial charge on any atom is 0.223 e. The Morgan fingerprint density at radius 3 is 2.94 bits per heavy atom. The van der Waals surface area contributed by atoms with E-state index in [2.05, 4.69) is 15.3 Å². The molecule has 0 aliphatic heterocycles. The zero-order chi connectivity index (χ0) is 12.7. The van der Waals surface area contributed by atoms with Gasteiger partial charge in [-0.15, -0.1) is 0 Å². The average Bonchev–Trinajstić information content (AvgIpc) is 2.34. The van der Waals surface area contributed by atoms with E-state index in [0.29, 0.717) is 24.8 Å². The van der Waals surface area contributed by atoms with E-state index < -0.39 is 0 Å². The lowest BCUT2D eigenvalue weighted by molar-refractivity contribution is 0.0365. The second kappa shape index (κ2) is 6.77. The Bertz CT molecular complexity index is 371. The quantitative estimate of drug-likeness (QED) is 0.450. The van der Waals surface area contributed by atoms with Crippen LogP contribution >= 0.6 is 0 Å². The highest BCUT2D eigenvalue weighted by Gasteiger charge is 2.08. The number of nitrogens with zero attached hydrogens (tertiary/aromatic N) is 2. The van der Waals surface area contributed by atoms with Crippen molar-refractivity contribution >= 4 is 11.8 Å². The summed E-state index contributed by atoms with van der Waals surface area (Å²) in [5, 5.41) is 10.3. The van der Waals surface area contributed by atoms with Crippen molar-refractivity contribution < 1.29 is 9.47 Å². The van der Waals surface area contributed by atoms with Gasteiger partial charge in [-0.3, -0.25) is 5.41 Å². The van der Waals surface area contributed by atoms with E-state index >= 15 is 0 Å². The minimum Gasteiger partial charge on any atom is -0.382 e. The van der Waals surface area contributed by atoms with Crippen molar-refractivity contribution in [2.75, 3.05) is 32.7 Å². The van der Waals surface area contributed by atoms with Crippen molar-refractivity contribution in [3.8, 4) is 0 Å². The molecular weight excluding hydrogens is 222 g/mol. The number of nitrogen functional groups attached to an aromatic ring is 1. The minimum atomic E-state index is -0.0874. The fourth-order valence-electron chi connectivity index (χ4n) is 1.20. The van der Waals surface area contributed by atoms with E-state index in [4.69, 9.17) is 20.6 Å². The number of aromatic nitrogens is 2. The number of hydrogen-bond donors (Lipinski definition) is 3. The van der Waals surface area contributed by atoms with Crippen LogP contribution in [0.1, 0.15) is 5.69 Å². The first-order valence-electron chi connectivity index (χ1n) is 5.10. The number of nitrogens with one attached hydrogen (secondary N) is 2. The summed E-state index contributed by atoms with van der Waals surface area (Å²) in [6.45, 7) is 1.00. The molecule has 1 rings (SSSR count). The van der Waals surface area contributed by atoms with Crippen LogP contribution in [-0.4, -0.2) is 49.3 Å². The Morgan fingerprint density at radius 2 is 2.35 bits per heavy atom. The first-order chi connectivity index (χ1) is 8.17. The average molecular weight is 239 g/mol. The monoisotopic (exact) mass is 239 g/mol. The predicted octanol–water partition coefficient (Wildman–Crippen LogP) is -0.166. The van der Waals surface area contributed by atoms with Gasteiger partial charge in [-0.2, -0.15) is 0 Å². The summed E-state index contributed by atoms with van der Waals surface area (Å²) >= 11 is 0. The molecular formula is C10H17N5O2. The molecule has 0 fully saturated rings. The molecule has 1 unspecified atom stereocenters.